The summed E-state index contributed by atoms with van der Waals surface area (Å²) >= 11 is 3.50. The van der Waals surface area contributed by atoms with Crippen LogP contribution in [0.1, 0.15) is 52.7 Å². The minimum absolute atomic E-state index is 0.203. The second kappa shape index (κ2) is 8.35. The molecule has 0 spiro atoms. The summed E-state index contributed by atoms with van der Waals surface area (Å²) in [5, 5.41) is 11.6. The fraction of sp³-hybridized carbons (Fsp3) is 0.250. The van der Waals surface area contributed by atoms with E-state index in [9.17, 15) is 4.79 Å². The third kappa shape index (κ3) is 3.98. The normalized spacial score (nSPS) is 13.7. The first-order valence-corrected chi connectivity index (χ1v) is 11.4. The van der Waals surface area contributed by atoms with Gasteiger partial charge in [-0.1, -0.05) is 17.6 Å². The van der Waals surface area contributed by atoms with Crippen molar-refractivity contribution in [1.82, 2.24) is 19.9 Å². The summed E-state index contributed by atoms with van der Waals surface area (Å²) in [6, 6.07) is 13.5. The van der Waals surface area contributed by atoms with Gasteiger partial charge in [0.05, 0.1) is 22.6 Å². The topological polar surface area (TPSA) is 85.8 Å². The fourth-order valence-electron chi connectivity index (χ4n) is 3.66. The Balaban J connectivity index is 1.33. The van der Waals surface area contributed by atoms with Crippen LogP contribution in [0.25, 0.3) is 17.1 Å². The summed E-state index contributed by atoms with van der Waals surface area (Å²) in [5.41, 5.74) is 4.73. The number of nitrogens with zero attached hydrogens (tertiary/aromatic N) is 4. The standard InChI is InChI=1S/C24H22BrN5O2/c1-14-6-11-21(20(25)12-14)26-23(31)19-13-30(28-15(19)2)18-9-7-16(8-10-18)22-27-24(32-29-22)17-4-3-5-17/h6-13,17H,3-5H2,1-2H3,(H,26,31). The van der Waals surface area contributed by atoms with E-state index in [0.29, 0.717) is 23.0 Å². The fourth-order valence-corrected chi connectivity index (χ4v) is 4.26. The smallest absolute Gasteiger partial charge is 0.259 e. The molecular weight excluding hydrogens is 470 g/mol. The van der Waals surface area contributed by atoms with Crippen LogP contribution in [0, 0.1) is 13.8 Å². The van der Waals surface area contributed by atoms with Crippen molar-refractivity contribution >= 4 is 27.5 Å². The summed E-state index contributed by atoms with van der Waals surface area (Å²) in [5.74, 6) is 1.53. The van der Waals surface area contributed by atoms with Gasteiger partial charge in [0.1, 0.15) is 0 Å². The molecule has 0 atom stereocenters. The molecule has 4 aromatic rings. The van der Waals surface area contributed by atoms with Gasteiger partial charge in [-0.2, -0.15) is 10.1 Å². The number of anilines is 1. The molecule has 1 fully saturated rings. The number of aryl methyl sites for hydroxylation is 2. The maximum atomic E-state index is 12.8. The van der Waals surface area contributed by atoms with Gasteiger partial charge in [0.25, 0.3) is 5.91 Å². The van der Waals surface area contributed by atoms with Crippen molar-refractivity contribution in [2.24, 2.45) is 0 Å². The van der Waals surface area contributed by atoms with E-state index in [1.165, 1.54) is 6.42 Å². The van der Waals surface area contributed by atoms with Gasteiger partial charge >= 0.3 is 0 Å². The lowest BCUT2D eigenvalue weighted by Gasteiger charge is -2.20. The minimum Gasteiger partial charge on any atom is -0.339 e. The highest BCUT2D eigenvalue weighted by atomic mass is 79.9. The molecule has 1 saturated carbocycles. The molecule has 1 N–H and O–H groups in total. The quantitative estimate of drug-likeness (QED) is 0.379. The number of amides is 1. The number of rotatable bonds is 5. The van der Waals surface area contributed by atoms with Gasteiger partial charge < -0.3 is 9.84 Å². The molecule has 1 amide bonds. The Kier molecular flexibility index (Phi) is 5.38. The Hall–Kier alpha value is -3.26. The molecule has 2 aromatic heterocycles. The first-order chi connectivity index (χ1) is 15.5. The third-order valence-electron chi connectivity index (χ3n) is 5.80. The molecule has 1 aliphatic carbocycles. The van der Waals surface area contributed by atoms with E-state index in [1.807, 2.05) is 56.3 Å². The zero-order valence-corrected chi connectivity index (χ0v) is 19.4. The van der Waals surface area contributed by atoms with Crippen molar-refractivity contribution in [2.75, 3.05) is 5.32 Å². The maximum Gasteiger partial charge on any atom is 0.259 e. The number of carbonyl (C=O) groups excluding carboxylic acids is 1. The molecule has 0 aliphatic heterocycles. The SMILES string of the molecule is Cc1ccc(NC(=O)c2cn(-c3ccc(-c4noc(C5CCC5)n4)cc3)nc2C)c(Br)c1. The monoisotopic (exact) mass is 491 g/mol. The predicted octanol–water partition coefficient (Wildman–Crippen LogP) is 5.82. The zero-order chi connectivity index (χ0) is 22.2. The van der Waals surface area contributed by atoms with Gasteiger partial charge in [-0.3, -0.25) is 4.79 Å². The summed E-state index contributed by atoms with van der Waals surface area (Å²) in [7, 11) is 0. The molecule has 32 heavy (non-hydrogen) atoms. The van der Waals surface area contributed by atoms with Crippen LogP contribution in [-0.4, -0.2) is 25.8 Å². The van der Waals surface area contributed by atoms with Gasteiger partial charge in [-0.25, -0.2) is 4.68 Å². The molecule has 1 aliphatic rings. The highest BCUT2D eigenvalue weighted by Crippen LogP contribution is 2.36. The van der Waals surface area contributed by atoms with E-state index >= 15 is 0 Å². The number of halogens is 1. The van der Waals surface area contributed by atoms with Crippen molar-refractivity contribution < 1.29 is 9.32 Å². The van der Waals surface area contributed by atoms with Crippen LogP contribution < -0.4 is 5.32 Å². The largest absolute Gasteiger partial charge is 0.339 e. The first kappa shape index (κ1) is 20.6. The van der Waals surface area contributed by atoms with E-state index < -0.39 is 0 Å². The van der Waals surface area contributed by atoms with Crippen LogP contribution in [0.3, 0.4) is 0 Å². The van der Waals surface area contributed by atoms with E-state index in [1.54, 1.807) is 10.9 Å². The first-order valence-electron chi connectivity index (χ1n) is 10.6. The van der Waals surface area contributed by atoms with Crippen LogP contribution in [0.5, 0.6) is 0 Å². The van der Waals surface area contributed by atoms with E-state index in [2.05, 4.69) is 36.5 Å². The highest BCUT2D eigenvalue weighted by Gasteiger charge is 2.25. The van der Waals surface area contributed by atoms with Crippen LogP contribution in [0.4, 0.5) is 5.69 Å². The van der Waals surface area contributed by atoms with Crippen LogP contribution in [0.15, 0.2) is 57.7 Å². The van der Waals surface area contributed by atoms with Gasteiger partial charge in [0.15, 0.2) is 0 Å². The minimum atomic E-state index is -0.203. The molecule has 5 rings (SSSR count). The summed E-state index contributed by atoms with van der Waals surface area (Å²) in [6.45, 7) is 3.83. The Labute approximate surface area is 194 Å². The van der Waals surface area contributed by atoms with Crippen molar-refractivity contribution in [2.45, 2.75) is 39.0 Å². The number of nitrogens with one attached hydrogen (secondary N) is 1. The maximum absolute atomic E-state index is 12.8. The third-order valence-corrected chi connectivity index (χ3v) is 6.46. The number of aromatic nitrogens is 4. The molecule has 0 bridgehead atoms. The van der Waals surface area contributed by atoms with Crippen molar-refractivity contribution in [3.05, 3.63) is 75.8 Å². The number of hydrogen-bond acceptors (Lipinski definition) is 5. The Morgan fingerprint density at radius 1 is 1.16 bits per heavy atom. The van der Waals surface area contributed by atoms with Gasteiger partial charge in [0, 0.05) is 22.2 Å². The van der Waals surface area contributed by atoms with Crippen LogP contribution in [-0.2, 0) is 0 Å². The molecule has 8 heteroatoms. The molecule has 0 saturated heterocycles. The second-order valence-corrected chi connectivity index (χ2v) is 9.00. The molecule has 0 unspecified atom stereocenters. The Morgan fingerprint density at radius 2 is 1.94 bits per heavy atom. The van der Waals surface area contributed by atoms with E-state index in [0.717, 1.165) is 45.7 Å². The number of carbonyl (C=O) groups is 1. The lowest BCUT2D eigenvalue weighted by atomic mass is 9.85. The molecule has 0 radical (unpaired) electrons. The predicted molar refractivity (Wildman–Crippen MR) is 125 cm³/mol. The number of hydrogen-bond donors (Lipinski definition) is 1. The molecule has 162 valence electrons. The number of benzene rings is 2. The zero-order valence-electron chi connectivity index (χ0n) is 17.8. The summed E-state index contributed by atoms with van der Waals surface area (Å²) in [4.78, 5) is 17.4. The van der Waals surface area contributed by atoms with Gasteiger partial charge in [-0.15, -0.1) is 0 Å². The Bertz CT molecular complexity index is 1290. The highest BCUT2D eigenvalue weighted by molar-refractivity contribution is 9.10. The van der Waals surface area contributed by atoms with Gasteiger partial charge in [0.2, 0.25) is 11.7 Å². The lowest BCUT2D eigenvalue weighted by molar-refractivity contribution is 0.102. The average Bonchev–Trinajstić information content (AvgIpc) is 3.36. The molecule has 2 heterocycles. The second-order valence-electron chi connectivity index (χ2n) is 8.14. The van der Waals surface area contributed by atoms with Crippen molar-refractivity contribution in [3.63, 3.8) is 0 Å². The molecule has 7 nitrogen and oxygen atoms in total. The van der Waals surface area contributed by atoms with E-state index in [4.69, 9.17) is 4.52 Å². The summed E-state index contributed by atoms with van der Waals surface area (Å²) < 4.78 is 7.96. The average molecular weight is 492 g/mol. The van der Waals surface area contributed by atoms with Crippen LogP contribution >= 0.6 is 15.9 Å². The van der Waals surface area contributed by atoms with Crippen molar-refractivity contribution in [3.8, 4) is 17.1 Å². The lowest BCUT2D eigenvalue weighted by Crippen LogP contribution is -2.12. The Morgan fingerprint density at radius 3 is 2.62 bits per heavy atom. The van der Waals surface area contributed by atoms with E-state index in [-0.39, 0.29) is 5.91 Å². The van der Waals surface area contributed by atoms with Crippen molar-refractivity contribution in [1.29, 1.82) is 0 Å². The van der Waals surface area contributed by atoms with Gasteiger partial charge in [-0.05, 0) is 84.6 Å². The molecule has 2 aromatic carbocycles. The van der Waals surface area contributed by atoms with Crippen LogP contribution in [0.2, 0.25) is 0 Å². The summed E-state index contributed by atoms with van der Waals surface area (Å²) in [6.07, 6.45) is 5.21. The molecular formula is C24H22BrN5O2.